The molecule has 1 fully saturated rings. The first-order valence-electron chi connectivity index (χ1n) is 7.17. The van der Waals surface area contributed by atoms with Crippen LogP contribution in [0.4, 0.5) is 11.7 Å². The third-order valence-electron chi connectivity index (χ3n) is 3.51. The Hall–Kier alpha value is -2.41. The fraction of sp³-hybridized carbons (Fsp3) is 0.400. The van der Waals surface area contributed by atoms with Crippen LogP contribution >= 0.6 is 0 Å². The minimum atomic E-state index is -0.284. The van der Waals surface area contributed by atoms with Gasteiger partial charge in [0.25, 0.3) is 5.91 Å². The molecule has 1 aliphatic rings. The van der Waals surface area contributed by atoms with Gasteiger partial charge in [-0.2, -0.15) is 0 Å². The molecule has 1 aromatic carbocycles. The largest absolute Gasteiger partial charge is 0.405 e. The van der Waals surface area contributed by atoms with E-state index in [1.165, 1.54) is 0 Å². The zero-order valence-electron chi connectivity index (χ0n) is 12.6. The predicted octanol–water partition coefficient (Wildman–Crippen LogP) is 2.24. The SMILES string of the molecule is CN(C)c1ccc(C(=O)Nc2nnc(C3CCCO3)o2)cc1. The maximum atomic E-state index is 12.1. The average molecular weight is 302 g/mol. The molecular weight excluding hydrogens is 284 g/mol. The summed E-state index contributed by atoms with van der Waals surface area (Å²) in [7, 11) is 3.89. The van der Waals surface area contributed by atoms with E-state index < -0.39 is 0 Å². The molecule has 2 aromatic rings. The fourth-order valence-corrected chi connectivity index (χ4v) is 2.27. The molecule has 7 nitrogen and oxygen atoms in total. The van der Waals surface area contributed by atoms with Gasteiger partial charge in [-0.05, 0) is 37.1 Å². The second-order valence-electron chi connectivity index (χ2n) is 5.34. The zero-order chi connectivity index (χ0) is 15.5. The Bertz CT molecular complexity index is 645. The molecule has 1 unspecified atom stereocenters. The molecule has 0 saturated carbocycles. The van der Waals surface area contributed by atoms with Crippen molar-refractivity contribution in [3.63, 3.8) is 0 Å². The molecule has 1 aliphatic heterocycles. The Morgan fingerprint density at radius 3 is 2.68 bits per heavy atom. The number of carbonyl (C=O) groups is 1. The van der Waals surface area contributed by atoms with Crippen LogP contribution in [0.15, 0.2) is 28.7 Å². The van der Waals surface area contributed by atoms with Crippen LogP contribution < -0.4 is 10.2 Å². The Kier molecular flexibility index (Phi) is 4.06. The van der Waals surface area contributed by atoms with Crippen LogP contribution in [-0.2, 0) is 4.74 Å². The van der Waals surface area contributed by atoms with E-state index in [4.69, 9.17) is 9.15 Å². The number of hydrogen-bond donors (Lipinski definition) is 1. The van der Waals surface area contributed by atoms with Gasteiger partial charge in [0.2, 0.25) is 5.89 Å². The number of nitrogens with one attached hydrogen (secondary N) is 1. The maximum Gasteiger partial charge on any atom is 0.322 e. The normalized spacial score (nSPS) is 17.5. The van der Waals surface area contributed by atoms with Crippen molar-refractivity contribution in [1.29, 1.82) is 0 Å². The molecule has 0 spiro atoms. The summed E-state index contributed by atoms with van der Waals surface area (Å²) in [6.07, 6.45) is 1.69. The maximum absolute atomic E-state index is 12.1. The highest BCUT2D eigenvalue weighted by Gasteiger charge is 2.24. The van der Waals surface area contributed by atoms with Crippen LogP contribution in [0.3, 0.4) is 0 Å². The number of benzene rings is 1. The van der Waals surface area contributed by atoms with Crippen LogP contribution in [-0.4, -0.2) is 36.8 Å². The number of nitrogens with zero attached hydrogens (tertiary/aromatic N) is 3. The van der Waals surface area contributed by atoms with E-state index in [0.717, 1.165) is 18.5 Å². The van der Waals surface area contributed by atoms with Crippen LogP contribution in [0.25, 0.3) is 0 Å². The molecule has 116 valence electrons. The van der Waals surface area contributed by atoms with Crippen molar-refractivity contribution in [3.05, 3.63) is 35.7 Å². The molecule has 7 heteroatoms. The molecule has 1 aromatic heterocycles. The van der Waals surface area contributed by atoms with Crippen LogP contribution in [0.2, 0.25) is 0 Å². The summed E-state index contributed by atoms with van der Waals surface area (Å²) in [5, 5.41) is 10.4. The standard InChI is InChI=1S/C15H18N4O3/c1-19(2)11-7-5-10(6-8-11)13(20)16-15-18-17-14(22-15)12-4-3-9-21-12/h5-8,12H,3-4,9H2,1-2H3,(H,16,18,20). The number of hydrogen-bond acceptors (Lipinski definition) is 6. The fourth-order valence-electron chi connectivity index (χ4n) is 2.27. The lowest BCUT2D eigenvalue weighted by atomic mass is 10.2. The van der Waals surface area contributed by atoms with Crippen molar-refractivity contribution >= 4 is 17.6 Å². The van der Waals surface area contributed by atoms with Crippen molar-refractivity contribution in [2.75, 3.05) is 30.9 Å². The molecule has 0 radical (unpaired) electrons. The number of amides is 1. The summed E-state index contributed by atoms with van der Waals surface area (Å²) in [5.74, 6) is 0.128. The molecule has 0 bridgehead atoms. The molecule has 22 heavy (non-hydrogen) atoms. The number of aromatic nitrogens is 2. The molecule has 1 atom stereocenters. The average Bonchev–Trinajstić information content (AvgIpc) is 3.18. The number of rotatable bonds is 4. The number of carbonyl (C=O) groups excluding carboxylic acids is 1. The van der Waals surface area contributed by atoms with E-state index in [2.05, 4.69) is 15.5 Å². The van der Waals surface area contributed by atoms with E-state index in [0.29, 0.717) is 18.1 Å². The Morgan fingerprint density at radius 2 is 2.05 bits per heavy atom. The van der Waals surface area contributed by atoms with Gasteiger partial charge in [0.05, 0.1) is 0 Å². The summed E-state index contributed by atoms with van der Waals surface area (Å²) < 4.78 is 10.9. The van der Waals surface area contributed by atoms with Crippen molar-refractivity contribution in [2.45, 2.75) is 18.9 Å². The van der Waals surface area contributed by atoms with Crippen molar-refractivity contribution in [3.8, 4) is 0 Å². The summed E-state index contributed by atoms with van der Waals surface area (Å²) >= 11 is 0. The Labute approximate surface area is 128 Å². The molecule has 1 amide bonds. The zero-order valence-corrected chi connectivity index (χ0v) is 12.6. The van der Waals surface area contributed by atoms with Crippen molar-refractivity contribution in [1.82, 2.24) is 10.2 Å². The lowest BCUT2D eigenvalue weighted by Gasteiger charge is -2.12. The van der Waals surface area contributed by atoms with Gasteiger partial charge in [-0.3, -0.25) is 10.1 Å². The van der Waals surface area contributed by atoms with Gasteiger partial charge in [0.1, 0.15) is 6.10 Å². The molecule has 3 rings (SSSR count). The first-order chi connectivity index (χ1) is 10.6. The molecule has 1 N–H and O–H groups in total. The number of anilines is 2. The van der Waals surface area contributed by atoms with Gasteiger partial charge >= 0.3 is 6.01 Å². The van der Waals surface area contributed by atoms with E-state index >= 15 is 0 Å². The van der Waals surface area contributed by atoms with Gasteiger partial charge in [-0.25, -0.2) is 0 Å². The van der Waals surface area contributed by atoms with Gasteiger partial charge in [0.15, 0.2) is 0 Å². The lowest BCUT2D eigenvalue weighted by molar-refractivity contribution is 0.0893. The van der Waals surface area contributed by atoms with Crippen LogP contribution in [0.1, 0.15) is 35.2 Å². The second kappa shape index (κ2) is 6.15. The highest BCUT2D eigenvalue weighted by atomic mass is 16.5. The van der Waals surface area contributed by atoms with Crippen molar-refractivity contribution in [2.24, 2.45) is 0 Å². The minimum Gasteiger partial charge on any atom is -0.405 e. The third-order valence-corrected chi connectivity index (χ3v) is 3.51. The molecular formula is C15H18N4O3. The highest BCUT2D eigenvalue weighted by molar-refractivity contribution is 6.03. The van der Waals surface area contributed by atoms with Gasteiger partial charge in [-0.15, -0.1) is 5.10 Å². The predicted molar refractivity (Wildman–Crippen MR) is 80.9 cm³/mol. The first-order valence-corrected chi connectivity index (χ1v) is 7.17. The highest BCUT2D eigenvalue weighted by Crippen LogP contribution is 2.28. The molecule has 2 heterocycles. The summed E-state index contributed by atoms with van der Waals surface area (Å²) in [4.78, 5) is 14.1. The van der Waals surface area contributed by atoms with E-state index in [1.54, 1.807) is 12.1 Å². The summed E-state index contributed by atoms with van der Waals surface area (Å²) in [6, 6.07) is 7.35. The quantitative estimate of drug-likeness (QED) is 0.933. The minimum absolute atomic E-state index is 0.0900. The summed E-state index contributed by atoms with van der Waals surface area (Å²) in [6.45, 7) is 0.701. The number of ether oxygens (including phenoxy) is 1. The van der Waals surface area contributed by atoms with Gasteiger partial charge in [-0.1, -0.05) is 5.10 Å². The molecule has 0 aliphatic carbocycles. The van der Waals surface area contributed by atoms with Crippen LogP contribution in [0.5, 0.6) is 0 Å². The van der Waals surface area contributed by atoms with Gasteiger partial charge in [0, 0.05) is 32.0 Å². The van der Waals surface area contributed by atoms with Crippen LogP contribution in [0, 0.1) is 0 Å². The Balaban J connectivity index is 1.66. The second-order valence-corrected chi connectivity index (χ2v) is 5.34. The monoisotopic (exact) mass is 302 g/mol. The topological polar surface area (TPSA) is 80.5 Å². The Morgan fingerprint density at radius 1 is 1.27 bits per heavy atom. The van der Waals surface area contributed by atoms with E-state index in [-0.39, 0.29) is 18.0 Å². The first kappa shape index (κ1) is 14.5. The smallest absolute Gasteiger partial charge is 0.322 e. The molecule has 1 saturated heterocycles. The summed E-state index contributed by atoms with van der Waals surface area (Å²) in [5.41, 5.74) is 1.55. The lowest BCUT2D eigenvalue weighted by Crippen LogP contribution is -2.13. The van der Waals surface area contributed by atoms with E-state index in [1.807, 2.05) is 31.1 Å². The van der Waals surface area contributed by atoms with Crippen molar-refractivity contribution < 1.29 is 13.9 Å². The third kappa shape index (κ3) is 3.09. The van der Waals surface area contributed by atoms with E-state index in [9.17, 15) is 4.79 Å². The van der Waals surface area contributed by atoms with Gasteiger partial charge < -0.3 is 14.1 Å².